The summed E-state index contributed by atoms with van der Waals surface area (Å²) in [5, 5.41) is 15.2. The number of nitrogens with zero attached hydrogens (tertiary/aromatic N) is 1. The van der Waals surface area contributed by atoms with Crippen LogP contribution in [0, 0.1) is 17.1 Å². The van der Waals surface area contributed by atoms with Crippen LogP contribution in [0.3, 0.4) is 0 Å². The molecular formula is C25H28FN3O4. The van der Waals surface area contributed by atoms with Crippen molar-refractivity contribution in [3.8, 4) is 17.2 Å². The van der Waals surface area contributed by atoms with Crippen LogP contribution in [-0.4, -0.2) is 57.2 Å². The highest BCUT2D eigenvalue weighted by Gasteiger charge is 2.26. The van der Waals surface area contributed by atoms with Crippen molar-refractivity contribution in [1.82, 2.24) is 10.6 Å². The lowest BCUT2D eigenvalue weighted by Crippen LogP contribution is -2.46. The minimum absolute atomic E-state index is 0.0363. The zero-order chi connectivity index (χ0) is 23.6. The summed E-state index contributed by atoms with van der Waals surface area (Å²) in [6, 6.07) is 13.6. The van der Waals surface area contributed by atoms with Crippen LogP contribution in [0.5, 0.6) is 0 Å². The molecule has 2 N–H and O–H groups in total. The summed E-state index contributed by atoms with van der Waals surface area (Å²) in [5.74, 6) is -0.870. The lowest BCUT2D eigenvalue weighted by atomic mass is 9.98. The average molecular weight is 454 g/mol. The van der Waals surface area contributed by atoms with E-state index in [2.05, 4.69) is 10.6 Å². The van der Waals surface area contributed by atoms with Crippen LogP contribution in [0.4, 0.5) is 4.39 Å². The third kappa shape index (κ3) is 6.93. The summed E-state index contributed by atoms with van der Waals surface area (Å²) in [6.45, 7) is 1.14. The van der Waals surface area contributed by atoms with E-state index in [4.69, 9.17) is 9.47 Å². The molecule has 0 radical (unpaired) electrons. The van der Waals surface area contributed by atoms with E-state index >= 15 is 0 Å². The summed E-state index contributed by atoms with van der Waals surface area (Å²) in [4.78, 5) is 23.2. The predicted molar refractivity (Wildman–Crippen MR) is 121 cm³/mol. The van der Waals surface area contributed by atoms with Gasteiger partial charge in [-0.2, -0.15) is 5.26 Å². The predicted octanol–water partition coefficient (Wildman–Crippen LogP) is 2.18. The molecule has 0 spiro atoms. The number of methoxy groups -OCH3 is 1. The zero-order valence-corrected chi connectivity index (χ0v) is 18.6. The van der Waals surface area contributed by atoms with Crippen molar-refractivity contribution in [2.75, 3.05) is 26.8 Å². The van der Waals surface area contributed by atoms with Gasteiger partial charge >= 0.3 is 0 Å². The number of nitriles is 1. The van der Waals surface area contributed by atoms with Gasteiger partial charge in [-0.25, -0.2) is 4.39 Å². The number of hydrogen-bond donors (Lipinski definition) is 2. The minimum Gasteiger partial charge on any atom is -0.378 e. The second-order valence-electron chi connectivity index (χ2n) is 7.94. The van der Waals surface area contributed by atoms with E-state index in [0.717, 1.165) is 17.4 Å². The molecule has 33 heavy (non-hydrogen) atoms. The van der Waals surface area contributed by atoms with Crippen molar-refractivity contribution in [2.24, 2.45) is 0 Å². The Bertz CT molecular complexity index is 1010. The Kier molecular flexibility index (Phi) is 9.07. The topological polar surface area (TPSA) is 100 Å². The Morgan fingerprint density at radius 2 is 2.15 bits per heavy atom. The van der Waals surface area contributed by atoms with E-state index in [0.29, 0.717) is 37.1 Å². The molecule has 2 aromatic rings. The van der Waals surface area contributed by atoms with Crippen LogP contribution in [0.2, 0.25) is 0 Å². The summed E-state index contributed by atoms with van der Waals surface area (Å²) in [5.41, 5.74) is 2.89. The molecule has 1 saturated heterocycles. The fourth-order valence-electron chi connectivity index (χ4n) is 3.67. The highest BCUT2D eigenvalue weighted by atomic mass is 19.1. The smallest absolute Gasteiger partial charge is 0.251 e. The number of aldehydes is 1. The molecule has 1 heterocycles. The molecule has 3 rings (SSSR count). The first-order valence-corrected chi connectivity index (χ1v) is 10.9. The molecule has 174 valence electrons. The molecule has 1 unspecified atom stereocenters. The Morgan fingerprint density at radius 1 is 1.33 bits per heavy atom. The van der Waals surface area contributed by atoms with Gasteiger partial charge in [0.2, 0.25) is 0 Å². The number of carbonyl (C=O) groups is 2. The van der Waals surface area contributed by atoms with E-state index < -0.39 is 23.9 Å². The first-order chi connectivity index (χ1) is 16.0. The number of carbonyl (C=O) groups excluding carboxylic acids is 2. The second-order valence-corrected chi connectivity index (χ2v) is 7.94. The van der Waals surface area contributed by atoms with E-state index in [1.54, 1.807) is 19.2 Å². The quantitative estimate of drug-likeness (QED) is 0.565. The molecule has 7 nitrogen and oxygen atoms in total. The number of nitrogens with one attached hydrogen (secondary N) is 2. The van der Waals surface area contributed by atoms with Gasteiger partial charge in [0, 0.05) is 33.0 Å². The molecule has 8 heteroatoms. The van der Waals surface area contributed by atoms with Crippen LogP contribution in [0.15, 0.2) is 42.5 Å². The van der Waals surface area contributed by atoms with Crippen molar-refractivity contribution < 1.29 is 23.5 Å². The maximum Gasteiger partial charge on any atom is 0.251 e. The van der Waals surface area contributed by atoms with E-state index in [-0.39, 0.29) is 19.1 Å². The zero-order valence-electron chi connectivity index (χ0n) is 18.6. The third-order valence-corrected chi connectivity index (χ3v) is 5.57. The summed E-state index contributed by atoms with van der Waals surface area (Å²) in [7, 11) is 1.58. The first-order valence-electron chi connectivity index (χ1n) is 10.9. The first kappa shape index (κ1) is 24.5. The molecule has 2 aromatic carbocycles. The van der Waals surface area contributed by atoms with Gasteiger partial charge in [-0.1, -0.05) is 36.4 Å². The number of ether oxygens (including phenoxy) is 2. The number of aryl methyl sites for hydroxylation is 1. The minimum atomic E-state index is -0.894. The number of hydrogen-bond acceptors (Lipinski definition) is 6. The second kappa shape index (κ2) is 12.2. The van der Waals surface area contributed by atoms with Crippen LogP contribution in [0.25, 0.3) is 11.1 Å². The van der Waals surface area contributed by atoms with Gasteiger partial charge < -0.3 is 24.9 Å². The number of halogens is 1. The molecule has 0 aromatic heterocycles. The van der Waals surface area contributed by atoms with Gasteiger partial charge in [0.15, 0.2) is 0 Å². The van der Waals surface area contributed by atoms with Gasteiger partial charge in [-0.3, -0.25) is 4.79 Å². The van der Waals surface area contributed by atoms with Gasteiger partial charge in [0.05, 0.1) is 18.8 Å². The lowest BCUT2D eigenvalue weighted by Gasteiger charge is -2.18. The lowest BCUT2D eigenvalue weighted by molar-refractivity contribution is -0.133. The molecule has 0 saturated carbocycles. The van der Waals surface area contributed by atoms with Crippen LogP contribution in [-0.2, 0) is 31.9 Å². The molecule has 0 bridgehead atoms. The Balaban J connectivity index is 1.64. The summed E-state index contributed by atoms with van der Waals surface area (Å²) < 4.78 is 25.7. The molecule has 1 aliphatic rings. The van der Waals surface area contributed by atoms with Crippen molar-refractivity contribution in [1.29, 1.82) is 5.26 Å². The van der Waals surface area contributed by atoms with Gasteiger partial charge in [-0.15, -0.1) is 0 Å². The van der Waals surface area contributed by atoms with Gasteiger partial charge in [0.25, 0.3) is 5.91 Å². The van der Waals surface area contributed by atoms with Crippen LogP contribution >= 0.6 is 0 Å². The van der Waals surface area contributed by atoms with Crippen molar-refractivity contribution >= 4 is 12.2 Å². The number of rotatable bonds is 9. The van der Waals surface area contributed by atoms with Crippen LogP contribution in [0.1, 0.15) is 17.5 Å². The molecular weight excluding hydrogens is 425 g/mol. The molecule has 1 amide bonds. The monoisotopic (exact) mass is 453 g/mol. The number of amides is 1. The maximum absolute atomic E-state index is 14.8. The molecule has 1 aliphatic heterocycles. The Labute approximate surface area is 192 Å². The Hall–Kier alpha value is -3.12. The van der Waals surface area contributed by atoms with Gasteiger partial charge in [0.1, 0.15) is 24.2 Å². The highest BCUT2D eigenvalue weighted by Crippen LogP contribution is 2.24. The molecule has 3 atom stereocenters. The van der Waals surface area contributed by atoms with E-state index in [1.807, 2.05) is 30.3 Å². The third-order valence-electron chi connectivity index (χ3n) is 5.57. The normalized spacial score (nSPS) is 19.2. The SMILES string of the molecule is COC1CNC[C@@H](C(=O)N[C@H](C#N)Cc2ccc(-c3cccc(CCC=O)c3)cc2F)OC1. The summed E-state index contributed by atoms with van der Waals surface area (Å²) >= 11 is 0. The molecule has 1 fully saturated rings. The van der Waals surface area contributed by atoms with Crippen molar-refractivity contribution in [3.63, 3.8) is 0 Å². The van der Waals surface area contributed by atoms with E-state index in [1.165, 1.54) is 6.07 Å². The fourth-order valence-corrected chi connectivity index (χ4v) is 3.67. The Morgan fingerprint density at radius 3 is 2.88 bits per heavy atom. The standard InChI is InChI=1S/C25H28FN3O4/c1-32-22-14-28-15-24(33-16-22)25(31)29-21(13-27)11-20-8-7-19(12-23(20)26)18-6-2-4-17(10-18)5-3-9-30/h2,4,6-10,12,21-22,24,28H,3,5,11,14-16H2,1H3,(H,29,31)/t21-,22?,24-/m0/s1. The van der Waals surface area contributed by atoms with Crippen molar-refractivity contribution in [2.45, 2.75) is 37.5 Å². The highest BCUT2D eigenvalue weighted by molar-refractivity contribution is 5.81. The largest absolute Gasteiger partial charge is 0.378 e. The average Bonchev–Trinajstić information content (AvgIpc) is 3.09. The van der Waals surface area contributed by atoms with E-state index in [9.17, 15) is 19.2 Å². The van der Waals surface area contributed by atoms with Crippen LogP contribution < -0.4 is 10.6 Å². The summed E-state index contributed by atoms with van der Waals surface area (Å²) in [6.07, 6.45) is 1.09. The maximum atomic E-state index is 14.8. The fraction of sp³-hybridized carbons (Fsp3) is 0.400. The van der Waals surface area contributed by atoms with Gasteiger partial charge in [-0.05, 0) is 34.7 Å². The molecule has 0 aliphatic carbocycles. The number of benzene rings is 2. The van der Waals surface area contributed by atoms with Crippen molar-refractivity contribution in [3.05, 3.63) is 59.4 Å².